The highest BCUT2D eigenvalue weighted by Gasteiger charge is 2.34. The molecule has 2 aromatic heterocycles. The average Bonchev–Trinajstić information content (AvgIpc) is 3.64. The van der Waals surface area contributed by atoms with Gasteiger partial charge < -0.3 is 32.1 Å². The van der Waals surface area contributed by atoms with E-state index in [0.29, 0.717) is 22.2 Å². The molecule has 2 atom stereocenters. The molecule has 2 aliphatic heterocycles. The lowest BCUT2D eigenvalue weighted by Gasteiger charge is -2.21. The largest absolute Gasteiger partial charge is 0.366 e. The molecule has 0 saturated carbocycles. The first-order chi connectivity index (χ1) is 17.2. The van der Waals surface area contributed by atoms with E-state index in [1.807, 2.05) is 24.3 Å². The van der Waals surface area contributed by atoms with E-state index in [1.54, 1.807) is 12.1 Å². The van der Waals surface area contributed by atoms with E-state index < -0.39 is 11.8 Å². The predicted molar refractivity (Wildman–Crippen MR) is 138 cm³/mol. The molecule has 188 valence electrons. The predicted octanol–water partition coefficient (Wildman–Crippen LogP) is 2.52. The number of nitrogens with one attached hydrogen (secondary N) is 4. The van der Waals surface area contributed by atoms with E-state index in [2.05, 4.69) is 44.4 Å². The lowest BCUT2D eigenvalue weighted by Crippen LogP contribution is -2.34. The fourth-order valence-corrected chi connectivity index (χ4v) is 5.18. The molecule has 0 aliphatic carbocycles. The molecule has 0 spiro atoms. The number of benzene rings is 2. The maximum Gasteiger partial charge on any atom is 0.250 e. The van der Waals surface area contributed by atoms with Crippen LogP contribution in [0.1, 0.15) is 71.9 Å². The minimum Gasteiger partial charge on any atom is -0.366 e. The Labute approximate surface area is 208 Å². The summed E-state index contributed by atoms with van der Waals surface area (Å²) in [5.74, 6) is 0.874. The second-order valence-corrected chi connectivity index (χ2v) is 10.0. The third-order valence-electron chi connectivity index (χ3n) is 7.34. The Morgan fingerprint density at radius 3 is 1.50 bits per heavy atom. The maximum absolute atomic E-state index is 11.4. The smallest absolute Gasteiger partial charge is 0.250 e. The van der Waals surface area contributed by atoms with Gasteiger partial charge in [0.1, 0.15) is 22.7 Å². The van der Waals surface area contributed by atoms with Gasteiger partial charge in [-0.1, -0.05) is 12.1 Å². The number of primary amides is 2. The van der Waals surface area contributed by atoms with Crippen LogP contribution < -0.4 is 22.1 Å². The van der Waals surface area contributed by atoms with Gasteiger partial charge in [0.2, 0.25) is 0 Å². The van der Waals surface area contributed by atoms with Gasteiger partial charge in [0.05, 0.1) is 33.2 Å². The Bertz CT molecular complexity index is 1330. The summed E-state index contributed by atoms with van der Waals surface area (Å²) in [6.45, 7) is 6.25. The first kappa shape index (κ1) is 24.0. The van der Waals surface area contributed by atoms with Crippen molar-refractivity contribution in [2.24, 2.45) is 11.5 Å². The third kappa shape index (κ3) is 4.22. The van der Waals surface area contributed by atoms with Crippen LogP contribution in [0.5, 0.6) is 0 Å². The van der Waals surface area contributed by atoms with Crippen molar-refractivity contribution in [2.75, 3.05) is 13.1 Å². The van der Waals surface area contributed by atoms with Crippen LogP contribution in [0.3, 0.4) is 0 Å². The molecule has 6 rings (SSSR count). The summed E-state index contributed by atoms with van der Waals surface area (Å²) in [5.41, 5.74) is 14.4. The van der Waals surface area contributed by atoms with Gasteiger partial charge in [0.15, 0.2) is 0 Å². The summed E-state index contributed by atoms with van der Waals surface area (Å²) >= 11 is 0. The van der Waals surface area contributed by atoms with Gasteiger partial charge in [-0.3, -0.25) is 9.59 Å². The summed E-state index contributed by atoms with van der Waals surface area (Å²) in [7, 11) is 0. The van der Waals surface area contributed by atoms with Crippen LogP contribution in [-0.2, 0) is 11.1 Å². The number of carbonyl (C=O) groups is 2. The van der Waals surface area contributed by atoms with Crippen molar-refractivity contribution >= 4 is 33.9 Å². The number of imidazole rings is 2. The number of nitrogens with zero attached hydrogens (tertiary/aromatic N) is 2. The molecule has 2 aromatic carbocycles. The number of fused-ring (bicyclic) bond motifs is 2. The second kappa shape index (κ2) is 9.03. The van der Waals surface area contributed by atoms with Crippen molar-refractivity contribution in [2.45, 2.75) is 50.6 Å². The summed E-state index contributed by atoms with van der Waals surface area (Å²) in [5, 5.41) is 6.90. The molecule has 0 unspecified atom stereocenters. The number of hydrogen-bond acceptors (Lipinski definition) is 6. The van der Waals surface area contributed by atoms with Gasteiger partial charge in [-0.25, -0.2) is 9.97 Å². The average molecular weight is 489 g/mol. The van der Waals surface area contributed by atoms with E-state index in [1.165, 1.54) is 0 Å². The molecule has 2 fully saturated rings. The Kier molecular flexibility index (Phi) is 6.01. The minimum atomic E-state index is -0.441. The summed E-state index contributed by atoms with van der Waals surface area (Å²) in [6.07, 6.45) is 4.35. The number of aromatic amines is 2. The molecule has 8 N–H and O–H groups in total. The number of H-pyrrole nitrogens is 2. The van der Waals surface area contributed by atoms with Gasteiger partial charge in [-0.15, -0.1) is 0 Å². The number of aromatic nitrogens is 4. The lowest BCUT2D eigenvalue weighted by molar-refractivity contribution is 0.0993. The van der Waals surface area contributed by atoms with Crippen molar-refractivity contribution in [1.29, 1.82) is 0 Å². The minimum absolute atomic E-state index is 0.131. The molecule has 4 heterocycles. The first-order valence-electron chi connectivity index (χ1n) is 12.3. The summed E-state index contributed by atoms with van der Waals surface area (Å²) in [6, 6.07) is 10.9. The standard InChI is InChI=1S/2C13H16N4O/c2*1-13(6-3-7-15-13)12-16-9-5-2-4-8(11(14)18)10(9)17-12/h2*2,4-5,15H,3,6-7H2,1H3,(H2,14,18)(H,16,17)/t2*13-/m11/s1. The zero-order valence-corrected chi connectivity index (χ0v) is 20.6. The molecule has 10 nitrogen and oxygen atoms in total. The quantitative estimate of drug-likeness (QED) is 0.258. The number of amides is 2. The summed E-state index contributed by atoms with van der Waals surface area (Å²) in [4.78, 5) is 38.5. The van der Waals surface area contributed by atoms with Gasteiger partial charge >= 0.3 is 0 Å². The van der Waals surface area contributed by atoms with Crippen LogP contribution in [0.2, 0.25) is 0 Å². The molecule has 0 radical (unpaired) electrons. The van der Waals surface area contributed by atoms with Crippen LogP contribution in [0.15, 0.2) is 36.4 Å². The normalized spacial score (nSPS) is 23.6. The summed E-state index contributed by atoms with van der Waals surface area (Å²) < 4.78 is 0. The first-order valence-corrected chi connectivity index (χ1v) is 12.3. The highest BCUT2D eigenvalue weighted by Crippen LogP contribution is 2.31. The van der Waals surface area contributed by atoms with Gasteiger partial charge in [-0.05, 0) is 76.9 Å². The maximum atomic E-state index is 11.4. The monoisotopic (exact) mass is 488 g/mol. The molecular formula is C26H32N8O2. The van der Waals surface area contributed by atoms with Crippen molar-refractivity contribution in [1.82, 2.24) is 30.6 Å². The van der Waals surface area contributed by atoms with Crippen molar-refractivity contribution in [3.8, 4) is 0 Å². The Morgan fingerprint density at radius 1 is 0.750 bits per heavy atom. The molecule has 4 aromatic rings. The third-order valence-corrected chi connectivity index (χ3v) is 7.34. The topological polar surface area (TPSA) is 168 Å². The molecule has 10 heteroatoms. The van der Waals surface area contributed by atoms with Crippen LogP contribution in [0, 0.1) is 0 Å². The number of carbonyl (C=O) groups excluding carboxylic acids is 2. The lowest BCUT2D eigenvalue weighted by atomic mass is 10.00. The van der Waals surface area contributed by atoms with E-state index in [9.17, 15) is 9.59 Å². The van der Waals surface area contributed by atoms with Crippen molar-refractivity contribution in [3.05, 3.63) is 59.2 Å². The highest BCUT2D eigenvalue weighted by atomic mass is 16.1. The van der Waals surface area contributed by atoms with Gasteiger partial charge in [0, 0.05) is 0 Å². The second-order valence-electron chi connectivity index (χ2n) is 10.0. The zero-order chi connectivity index (χ0) is 25.5. The Morgan fingerprint density at radius 2 is 1.17 bits per heavy atom. The SMILES string of the molecule is C[C@]1(c2nc3c(C(N)=O)cccc3[nH]2)CCCN1.C[C@]1(c2nc3c(C(N)=O)cccc3[nH]2)CCCN1. The molecule has 2 aliphatic rings. The fourth-order valence-electron chi connectivity index (χ4n) is 5.18. The molecule has 2 amide bonds. The van der Waals surface area contributed by atoms with E-state index >= 15 is 0 Å². The van der Waals surface area contributed by atoms with Gasteiger partial charge in [0.25, 0.3) is 11.8 Å². The molecule has 0 bridgehead atoms. The molecule has 2 saturated heterocycles. The number of nitrogens with two attached hydrogens (primary N) is 2. The molecular weight excluding hydrogens is 456 g/mol. The number of rotatable bonds is 4. The van der Waals surface area contributed by atoms with Crippen LogP contribution in [0.4, 0.5) is 0 Å². The van der Waals surface area contributed by atoms with Crippen LogP contribution in [0.25, 0.3) is 22.1 Å². The van der Waals surface area contributed by atoms with E-state index in [0.717, 1.165) is 61.5 Å². The Balaban J connectivity index is 0.000000148. The highest BCUT2D eigenvalue weighted by molar-refractivity contribution is 6.04. The van der Waals surface area contributed by atoms with Crippen molar-refractivity contribution in [3.63, 3.8) is 0 Å². The molecule has 36 heavy (non-hydrogen) atoms. The zero-order valence-electron chi connectivity index (χ0n) is 20.6. The fraction of sp³-hybridized carbons (Fsp3) is 0.385. The Hall–Kier alpha value is -3.76. The van der Waals surface area contributed by atoms with E-state index in [-0.39, 0.29) is 11.1 Å². The van der Waals surface area contributed by atoms with Gasteiger partial charge in [-0.2, -0.15) is 0 Å². The number of para-hydroxylation sites is 2. The van der Waals surface area contributed by atoms with E-state index in [4.69, 9.17) is 11.5 Å². The van der Waals surface area contributed by atoms with Crippen molar-refractivity contribution < 1.29 is 9.59 Å². The van der Waals surface area contributed by atoms with Crippen LogP contribution in [-0.4, -0.2) is 44.8 Å². The van der Waals surface area contributed by atoms with Crippen LogP contribution >= 0.6 is 0 Å². The number of hydrogen-bond donors (Lipinski definition) is 6.